The molecule has 176 valence electrons. The van der Waals surface area contributed by atoms with Gasteiger partial charge in [-0.25, -0.2) is 4.98 Å². The number of rotatable bonds is 8. The monoisotopic (exact) mass is 453 g/mol. The van der Waals surface area contributed by atoms with E-state index >= 15 is 0 Å². The minimum atomic E-state index is -0.120. The fourth-order valence-corrected chi connectivity index (χ4v) is 4.01. The summed E-state index contributed by atoms with van der Waals surface area (Å²) in [6, 6.07) is 11.2. The number of hydrogen-bond donors (Lipinski definition) is 1. The number of anilines is 2. The number of nitrogens with zero attached hydrogens (tertiary/aromatic N) is 4. The van der Waals surface area contributed by atoms with Gasteiger partial charge in [0.2, 0.25) is 11.8 Å². The van der Waals surface area contributed by atoms with Crippen molar-refractivity contribution in [3.8, 4) is 11.5 Å². The highest BCUT2D eigenvalue weighted by atomic mass is 16.6. The normalized spacial score (nSPS) is 15.5. The molecule has 0 unspecified atom stereocenters. The van der Waals surface area contributed by atoms with Gasteiger partial charge in [0.1, 0.15) is 19.0 Å². The second-order valence-corrected chi connectivity index (χ2v) is 8.08. The van der Waals surface area contributed by atoms with E-state index in [1.54, 1.807) is 24.4 Å². The lowest BCUT2D eigenvalue weighted by atomic mass is 10.2. The van der Waals surface area contributed by atoms with Gasteiger partial charge >= 0.3 is 0 Å². The van der Waals surface area contributed by atoms with Crippen LogP contribution in [0.15, 0.2) is 42.6 Å². The zero-order valence-electron chi connectivity index (χ0n) is 19.0. The molecule has 9 heteroatoms. The van der Waals surface area contributed by atoms with Gasteiger partial charge in [-0.05, 0) is 30.8 Å². The Labute approximate surface area is 194 Å². The molecule has 1 saturated heterocycles. The second-order valence-electron chi connectivity index (χ2n) is 8.08. The van der Waals surface area contributed by atoms with Gasteiger partial charge in [-0.3, -0.25) is 14.5 Å². The lowest BCUT2D eigenvalue weighted by Gasteiger charge is -2.35. The van der Waals surface area contributed by atoms with E-state index in [9.17, 15) is 9.59 Å². The van der Waals surface area contributed by atoms with Crippen LogP contribution in [0.2, 0.25) is 0 Å². The van der Waals surface area contributed by atoms with Crippen molar-refractivity contribution in [3.05, 3.63) is 42.6 Å². The lowest BCUT2D eigenvalue weighted by molar-refractivity contribution is -0.132. The van der Waals surface area contributed by atoms with E-state index in [1.807, 2.05) is 34.9 Å². The predicted octanol–water partition coefficient (Wildman–Crippen LogP) is 1.85. The van der Waals surface area contributed by atoms with E-state index < -0.39 is 0 Å². The number of amides is 2. The van der Waals surface area contributed by atoms with Crippen molar-refractivity contribution in [2.75, 3.05) is 69.2 Å². The van der Waals surface area contributed by atoms with Crippen molar-refractivity contribution in [3.63, 3.8) is 0 Å². The second kappa shape index (κ2) is 11.0. The van der Waals surface area contributed by atoms with Crippen LogP contribution in [0, 0.1) is 0 Å². The molecule has 9 nitrogen and oxygen atoms in total. The molecule has 0 radical (unpaired) electrons. The summed E-state index contributed by atoms with van der Waals surface area (Å²) >= 11 is 0. The molecule has 0 aliphatic carbocycles. The Hall–Kier alpha value is -3.33. The van der Waals surface area contributed by atoms with Crippen molar-refractivity contribution in [1.29, 1.82) is 0 Å². The smallest absolute Gasteiger partial charge is 0.238 e. The number of ether oxygens (including phenoxy) is 2. The Morgan fingerprint density at radius 3 is 2.58 bits per heavy atom. The molecule has 1 aromatic carbocycles. The molecule has 2 aliphatic heterocycles. The summed E-state index contributed by atoms with van der Waals surface area (Å²) in [4.78, 5) is 35.7. The molecule has 3 heterocycles. The Bertz CT molecular complexity index is 947. The third kappa shape index (κ3) is 6.13. The fraction of sp³-hybridized carbons (Fsp3) is 0.458. The molecule has 0 spiro atoms. The van der Waals surface area contributed by atoms with Crippen LogP contribution in [-0.2, 0) is 9.59 Å². The summed E-state index contributed by atoms with van der Waals surface area (Å²) in [5.74, 6) is 2.28. The summed E-state index contributed by atoms with van der Waals surface area (Å²) in [5.41, 5.74) is 0.669. The van der Waals surface area contributed by atoms with E-state index in [2.05, 4.69) is 15.2 Å². The van der Waals surface area contributed by atoms with Crippen LogP contribution >= 0.6 is 0 Å². The van der Waals surface area contributed by atoms with E-state index in [1.165, 1.54) is 0 Å². The number of nitrogens with one attached hydrogen (secondary N) is 1. The number of fused-ring (bicyclic) bond motifs is 1. The Balaban J connectivity index is 1.20. The number of aromatic nitrogens is 1. The van der Waals surface area contributed by atoms with Crippen LogP contribution in [0.4, 0.5) is 11.5 Å². The van der Waals surface area contributed by atoms with Gasteiger partial charge in [-0.15, -0.1) is 0 Å². The fourth-order valence-electron chi connectivity index (χ4n) is 4.01. The summed E-state index contributed by atoms with van der Waals surface area (Å²) in [7, 11) is 0. The van der Waals surface area contributed by atoms with Crippen molar-refractivity contribution < 1.29 is 19.1 Å². The summed E-state index contributed by atoms with van der Waals surface area (Å²) in [6.07, 6.45) is 2.19. The van der Waals surface area contributed by atoms with Gasteiger partial charge < -0.3 is 24.6 Å². The molecule has 4 rings (SSSR count). The topological polar surface area (TPSA) is 87.2 Å². The third-order valence-corrected chi connectivity index (χ3v) is 5.89. The van der Waals surface area contributed by atoms with E-state index in [0.717, 1.165) is 18.9 Å². The molecule has 2 aromatic rings. The summed E-state index contributed by atoms with van der Waals surface area (Å²) in [5, 5.41) is 2.91. The van der Waals surface area contributed by atoms with Gasteiger partial charge in [-0.1, -0.05) is 13.0 Å². The molecule has 0 atom stereocenters. The van der Waals surface area contributed by atoms with Crippen molar-refractivity contribution in [2.45, 2.75) is 13.3 Å². The third-order valence-electron chi connectivity index (χ3n) is 5.89. The average molecular weight is 454 g/mol. The molecule has 1 N–H and O–H groups in total. The van der Waals surface area contributed by atoms with Crippen LogP contribution in [0.5, 0.6) is 11.5 Å². The molecule has 0 saturated carbocycles. The Morgan fingerprint density at radius 2 is 1.85 bits per heavy atom. The van der Waals surface area contributed by atoms with Crippen molar-refractivity contribution >= 4 is 23.3 Å². The Morgan fingerprint density at radius 1 is 1.06 bits per heavy atom. The standard InChI is InChI=1S/C24H31N5O4/c1-2-27(18-23(30)26-19-6-7-20-21(17-19)33-16-15-32-20)10-8-24(31)29-13-11-28(12-14-29)22-5-3-4-9-25-22/h3-7,9,17H,2,8,10-16,18H2,1H3,(H,26,30). The molecule has 1 aromatic heterocycles. The van der Waals surface area contributed by atoms with Crippen molar-refractivity contribution in [1.82, 2.24) is 14.8 Å². The number of likely N-dealkylation sites (N-methyl/N-ethyl adjacent to an activating group) is 1. The highest BCUT2D eigenvalue weighted by Gasteiger charge is 2.22. The highest BCUT2D eigenvalue weighted by Crippen LogP contribution is 2.32. The largest absolute Gasteiger partial charge is 0.486 e. The zero-order valence-corrected chi connectivity index (χ0v) is 19.0. The lowest BCUT2D eigenvalue weighted by Crippen LogP contribution is -2.49. The first-order valence-corrected chi connectivity index (χ1v) is 11.5. The van der Waals surface area contributed by atoms with Crippen LogP contribution in [-0.4, -0.2) is 85.6 Å². The van der Waals surface area contributed by atoms with Gasteiger partial charge in [0.05, 0.1) is 6.54 Å². The van der Waals surface area contributed by atoms with Crippen molar-refractivity contribution in [2.24, 2.45) is 0 Å². The van der Waals surface area contributed by atoms with Crippen LogP contribution in [0.3, 0.4) is 0 Å². The molecule has 33 heavy (non-hydrogen) atoms. The highest BCUT2D eigenvalue weighted by molar-refractivity contribution is 5.92. The first kappa shape index (κ1) is 22.8. The molecule has 1 fully saturated rings. The SMILES string of the molecule is CCN(CCC(=O)N1CCN(c2ccccn2)CC1)CC(=O)Nc1ccc2c(c1)OCCO2. The zero-order chi connectivity index (χ0) is 23.0. The van der Waals surface area contributed by atoms with E-state index in [0.29, 0.717) is 63.0 Å². The van der Waals surface area contributed by atoms with Crippen LogP contribution < -0.4 is 19.7 Å². The van der Waals surface area contributed by atoms with Gasteiger partial charge in [0, 0.05) is 57.1 Å². The van der Waals surface area contributed by atoms with Gasteiger partial charge in [0.15, 0.2) is 11.5 Å². The number of piperazine rings is 1. The van der Waals surface area contributed by atoms with Gasteiger partial charge in [-0.2, -0.15) is 0 Å². The molecular weight excluding hydrogens is 422 g/mol. The minimum absolute atomic E-state index is 0.120. The average Bonchev–Trinajstić information content (AvgIpc) is 2.87. The quantitative estimate of drug-likeness (QED) is 0.653. The first-order valence-electron chi connectivity index (χ1n) is 11.5. The summed E-state index contributed by atoms with van der Waals surface area (Å²) in [6.45, 7) is 7.41. The number of carbonyl (C=O) groups excluding carboxylic acids is 2. The van der Waals surface area contributed by atoms with Crippen LogP contribution in [0.1, 0.15) is 13.3 Å². The maximum atomic E-state index is 12.7. The number of benzene rings is 1. The van der Waals surface area contributed by atoms with E-state index in [-0.39, 0.29) is 18.4 Å². The van der Waals surface area contributed by atoms with Crippen LogP contribution in [0.25, 0.3) is 0 Å². The first-order chi connectivity index (χ1) is 16.1. The maximum absolute atomic E-state index is 12.7. The molecular formula is C24H31N5O4. The maximum Gasteiger partial charge on any atom is 0.238 e. The number of hydrogen-bond acceptors (Lipinski definition) is 7. The predicted molar refractivity (Wildman–Crippen MR) is 126 cm³/mol. The summed E-state index contributed by atoms with van der Waals surface area (Å²) < 4.78 is 11.1. The number of carbonyl (C=O) groups is 2. The van der Waals surface area contributed by atoms with Gasteiger partial charge in [0.25, 0.3) is 0 Å². The van der Waals surface area contributed by atoms with E-state index in [4.69, 9.17) is 9.47 Å². The number of pyridine rings is 1. The molecule has 0 bridgehead atoms. The minimum Gasteiger partial charge on any atom is -0.486 e. The molecule has 2 amide bonds. The Kier molecular flexibility index (Phi) is 7.62. The molecule has 2 aliphatic rings.